The second kappa shape index (κ2) is 5.48. The minimum Gasteiger partial charge on any atom is -0.211 e. The minimum absolute atomic E-state index is 0.341. The van der Waals surface area contributed by atoms with Gasteiger partial charge in [-0.05, 0) is 30.5 Å². The van der Waals surface area contributed by atoms with E-state index in [1.165, 1.54) is 0 Å². The van der Waals surface area contributed by atoms with Crippen molar-refractivity contribution in [1.82, 2.24) is 4.72 Å². The molecule has 0 aliphatic carbocycles. The van der Waals surface area contributed by atoms with Gasteiger partial charge in [-0.25, -0.2) is 13.1 Å². The second-order valence-electron chi connectivity index (χ2n) is 3.44. The Bertz CT molecular complexity index is 483. The smallest absolute Gasteiger partial charge is 0.211 e. The summed E-state index contributed by atoms with van der Waals surface area (Å²) >= 11 is 5.96. The molecule has 0 fully saturated rings. The fourth-order valence-corrected chi connectivity index (χ4v) is 1.90. The highest BCUT2D eigenvalue weighted by atomic mass is 35.5. The summed E-state index contributed by atoms with van der Waals surface area (Å²) in [5.41, 5.74) is 2.01. The Balaban J connectivity index is 2.56. The molecule has 0 radical (unpaired) electrons. The molecule has 0 saturated heterocycles. The van der Waals surface area contributed by atoms with Gasteiger partial charge in [0.1, 0.15) is 0 Å². The van der Waals surface area contributed by atoms with E-state index in [0.29, 0.717) is 18.0 Å². The van der Waals surface area contributed by atoms with E-state index >= 15 is 0 Å². The molecule has 0 atom stereocenters. The zero-order valence-electron chi connectivity index (χ0n) is 9.03. The van der Waals surface area contributed by atoms with Crippen molar-refractivity contribution in [2.45, 2.75) is 13.3 Å². The van der Waals surface area contributed by atoms with Crippen LogP contribution in [0.25, 0.3) is 0 Å². The van der Waals surface area contributed by atoms with Gasteiger partial charge in [-0.15, -0.1) is 0 Å². The molecular formula is C11H14ClNO2S. The van der Waals surface area contributed by atoms with Gasteiger partial charge in [-0.2, -0.15) is 0 Å². The van der Waals surface area contributed by atoms with Crippen LogP contribution in [0.3, 0.4) is 0 Å². The highest BCUT2D eigenvalue weighted by Crippen LogP contribution is 2.16. The number of benzene rings is 1. The molecule has 1 aromatic carbocycles. The van der Waals surface area contributed by atoms with Crippen LogP contribution in [-0.4, -0.2) is 15.0 Å². The lowest BCUT2D eigenvalue weighted by Gasteiger charge is -2.04. The average molecular weight is 260 g/mol. The Morgan fingerprint density at radius 2 is 2.19 bits per heavy atom. The number of hydrogen-bond acceptors (Lipinski definition) is 2. The van der Waals surface area contributed by atoms with E-state index in [4.69, 9.17) is 11.6 Å². The van der Waals surface area contributed by atoms with Crippen LogP contribution >= 0.6 is 11.6 Å². The lowest BCUT2D eigenvalue weighted by atomic mass is 10.1. The van der Waals surface area contributed by atoms with Crippen molar-refractivity contribution in [3.63, 3.8) is 0 Å². The second-order valence-corrected chi connectivity index (χ2v) is 5.56. The van der Waals surface area contributed by atoms with E-state index in [1.54, 1.807) is 0 Å². The van der Waals surface area contributed by atoms with E-state index in [-0.39, 0.29) is 0 Å². The molecule has 0 saturated carbocycles. The van der Waals surface area contributed by atoms with Crippen LogP contribution in [0.15, 0.2) is 30.2 Å². The van der Waals surface area contributed by atoms with E-state index < -0.39 is 10.0 Å². The van der Waals surface area contributed by atoms with E-state index in [1.807, 2.05) is 25.1 Å². The zero-order chi connectivity index (χ0) is 12.2. The van der Waals surface area contributed by atoms with Crippen molar-refractivity contribution < 1.29 is 8.42 Å². The van der Waals surface area contributed by atoms with Crippen LogP contribution in [0, 0.1) is 6.92 Å². The van der Waals surface area contributed by atoms with Gasteiger partial charge in [0.15, 0.2) is 0 Å². The molecule has 1 N–H and O–H groups in total. The van der Waals surface area contributed by atoms with Crippen LogP contribution in [0.2, 0.25) is 5.02 Å². The predicted molar refractivity (Wildman–Crippen MR) is 67.0 cm³/mol. The van der Waals surface area contributed by atoms with E-state index in [2.05, 4.69) is 11.3 Å². The summed E-state index contributed by atoms with van der Waals surface area (Å²) < 4.78 is 24.5. The van der Waals surface area contributed by atoms with Crippen molar-refractivity contribution in [2.75, 3.05) is 6.54 Å². The number of aryl methyl sites for hydroxylation is 1. The Morgan fingerprint density at radius 1 is 1.50 bits per heavy atom. The Hall–Kier alpha value is -0.840. The lowest BCUT2D eigenvalue weighted by molar-refractivity contribution is 0.591. The number of halogens is 1. The van der Waals surface area contributed by atoms with Crippen molar-refractivity contribution in [3.8, 4) is 0 Å². The van der Waals surface area contributed by atoms with E-state index in [0.717, 1.165) is 16.5 Å². The molecule has 0 amide bonds. The fourth-order valence-electron chi connectivity index (χ4n) is 1.19. The van der Waals surface area contributed by atoms with Gasteiger partial charge >= 0.3 is 0 Å². The molecule has 5 heteroatoms. The first-order chi connectivity index (χ1) is 7.44. The third kappa shape index (κ3) is 3.96. The Labute approximate surface area is 101 Å². The quantitative estimate of drug-likeness (QED) is 0.882. The first kappa shape index (κ1) is 13.2. The van der Waals surface area contributed by atoms with Crippen molar-refractivity contribution >= 4 is 21.6 Å². The normalized spacial score (nSPS) is 11.4. The maximum Gasteiger partial charge on any atom is 0.233 e. The maximum absolute atomic E-state index is 11.1. The van der Waals surface area contributed by atoms with Crippen molar-refractivity contribution in [1.29, 1.82) is 0 Å². The third-order valence-electron chi connectivity index (χ3n) is 2.17. The molecule has 1 aromatic rings. The monoisotopic (exact) mass is 259 g/mol. The summed E-state index contributed by atoms with van der Waals surface area (Å²) in [6, 6.07) is 5.70. The number of sulfonamides is 1. The van der Waals surface area contributed by atoms with Gasteiger partial charge in [0.05, 0.1) is 0 Å². The standard InChI is InChI=1S/C11H14ClNO2S/c1-3-16(14,15)13-7-6-10-5-4-9(2)11(12)8-10/h3-5,8,13H,1,6-7H2,2H3. The van der Waals surface area contributed by atoms with Gasteiger partial charge in [0.25, 0.3) is 0 Å². The zero-order valence-corrected chi connectivity index (χ0v) is 10.6. The summed E-state index contributed by atoms with van der Waals surface area (Å²) in [6.07, 6.45) is 0.604. The van der Waals surface area contributed by atoms with Crippen LogP contribution in [0.5, 0.6) is 0 Å². The summed E-state index contributed by atoms with van der Waals surface area (Å²) in [7, 11) is -3.33. The molecule has 0 spiro atoms. The molecule has 0 heterocycles. The van der Waals surface area contributed by atoms with Gasteiger partial charge in [0.2, 0.25) is 10.0 Å². The Kier molecular flexibility index (Phi) is 4.53. The molecular weight excluding hydrogens is 246 g/mol. The SMILES string of the molecule is C=CS(=O)(=O)NCCc1ccc(C)c(Cl)c1. The number of hydrogen-bond donors (Lipinski definition) is 1. The topological polar surface area (TPSA) is 46.2 Å². The van der Waals surface area contributed by atoms with Gasteiger partial charge in [-0.3, -0.25) is 0 Å². The molecule has 88 valence electrons. The maximum atomic E-state index is 11.1. The first-order valence-corrected chi connectivity index (χ1v) is 6.74. The molecule has 3 nitrogen and oxygen atoms in total. The molecule has 0 aromatic heterocycles. The van der Waals surface area contributed by atoms with E-state index in [9.17, 15) is 8.42 Å². The summed E-state index contributed by atoms with van der Waals surface area (Å²) in [6.45, 7) is 5.48. The molecule has 0 aliphatic heterocycles. The highest BCUT2D eigenvalue weighted by molar-refractivity contribution is 7.92. The van der Waals surface area contributed by atoms with Crippen LogP contribution < -0.4 is 4.72 Å². The van der Waals surface area contributed by atoms with Crippen LogP contribution in [0.1, 0.15) is 11.1 Å². The summed E-state index contributed by atoms with van der Waals surface area (Å²) in [4.78, 5) is 0. The molecule has 0 unspecified atom stereocenters. The molecule has 1 rings (SSSR count). The molecule has 0 aliphatic rings. The predicted octanol–water partition coefficient (Wildman–Crippen LogP) is 2.25. The minimum atomic E-state index is -3.33. The molecule has 16 heavy (non-hydrogen) atoms. The van der Waals surface area contributed by atoms with Crippen molar-refractivity contribution in [3.05, 3.63) is 46.3 Å². The van der Waals surface area contributed by atoms with Gasteiger partial charge in [0, 0.05) is 17.0 Å². The molecule has 0 bridgehead atoms. The van der Waals surface area contributed by atoms with Gasteiger partial charge < -0.3 is 0 Å². The number of rotatable bonds is 5. The summed E-state index contributed by atoms with van der Waals surface area (Å²) in [5, 5.41) is 1.60. The average Bonchev–Trinajstić information content (AvgIpc) is 2.23. The fraction of sp³-hybridized carbons (Fsp3) is 0.273. The lowest BCUT2D eigenvalue weighted by Crippen LogP contribution is -2.23. The van der Waals surface area contributed by atoms with Crippen molar-refractivity contribution in [2.24, 2.45) is 0 Å². The van der Waals surface area contributed by atoms with Crippen LogP contribution in [0.4, 0.5) is 0 Å². The van der Waals surface area contributed by atoms with Crippen LogP contribution in [-0.2, 0) is 16.4 Å². The summed E-state index contributed by atoms with van der Waals surface area (Å²) in [5.74, 6) is 0. The third-order valence-corrected chi connectivity index (χ3v) is 3.63. The first-order valence-electron chi connectivity index (χ1n) is 4.82. The van der Waals surface area contributed by atoms with Gasteiger partial charge in [-0.1, -0.05) is 30.3 Å². The largest absolute Gasteiger partial charge is 0.233 e. The number of nitrogens with one attached hydrogen (secondary N) is 1. The highest BCUT2D eigenvalue weighted by Gasteiger charge is 2.03. The Morgan fingerprint density at radius 3 is 2.75 bits per heavy atom.